The van der Waals surface area contributed by atoms with Gasteiger partial charge in [-0.1, -0.05) is 12.8 Å². The molecule has 0 spiro atoms. The summed E-state index contributed by atoms with van der Waals surface area (Å²) in [5.74, 6) is 0.638. The second-order valence-corrected chi connectivity index (χ2v) is 9.83. The summed E-state index contributed by atoms with van der Waals surface area (Å²) in [4.78, 5) is 16.4. The number of ether oxygens (including phenoxy) is 4. The number of aromatic nitrogens is 1. The first-order chi connectivity index (χ1) is 16.8. The fourth-order valence-electron chi connectivity index (χ4n) is 4.59. The van der Waals surface area contributed by atoms with Gasteiger partial charge in [-0.05, 0) is 49.6 Å². The van der Waals surface area contributed by atoms with Crippen molar-refractivity contribution in [1.29, 1.82) is 0 Å². The van der Waals surface area contributed by atoms with E-state index in [-0.39, 0.29) is 11.7 Å². The number of carboxylic acid groups (broad SMARTS) is 1. The van der Waals surface area contributed by atoms with Crippen molar-refractivity contribution in [2.45, 2.75) is 57.3 Å². The number of aliphatic hydroxyl groups excluding tert-OH is 1. The van der Waals surface area contributed by atoms with E-state index in [1.165, 1.54) is 24.5 Å². The predicted octanol–water partition coefficient (Wildman–Crippen LogP) is 4.93. The molecule has 2 atom stereocenters. The minimum absolute atomic E-state index is 0.0629. The molecular formula is C26H31NO7S. The monoisotopic (exact) mass is 501 g/mol. The second-order valence-electron chi connectivity index (χ2n) is 8.71. The molecule has 9 heteroatoms. The lowest BCUT2D eigenvalue weighted by Crippen LogP contribution is -2.29. The molecule has 0 bridgehead atoms. The van der Waals surface area contributed by atoms with Crippen LogP contribution in [0.1, 0.15) is 58.3 Å². The number of aliphatic hydroxyl groups is 1. The summed E-state index contributed by atoms with van der Waals surface area (Å²) in [5.41, 5.74) is 1.97. The van der Waals surface area contributed by atoms with E-state index < -0.39 is 18.2 Å². The van der Waals surface area contributed by atoms with Crippen LogP contribution < -0.4 is 14.2 Å². The van der Waals surface area contributed by atoms with Crippen LogP contribution in [-0.4, -0.2) is 54.7 Å². The Hall–Kier alpha value is -2.88. The maximum atomic E-state index is 11.8. The topological polar surface area (TPSA) is 107 Å². The molecule has 0 amide bonds. The summed E-state index contributed by atoms with van der Waals surface area (Å²) >= 11 is 1.38. The highest BCUT2D eigenvalue weighted by atomic mass is 32.1. The number of carboxylic acids is 1. The maximum absolute atomic E-state index is 11.8. The summed E-state index contributed by atoms with van der Waals surface area (Å²) in [6.07, 6.45) is 2.95. The fourth-order valence-corrected chi connectivity index (χ4v) is 5.65. The summed E-state index contributed by atoms with van der Waals surface area (Å²) in [5, 5.41) is 21.8. The van der Waals surface area contributed by atoms with Gasteiger partial charge in [0, 0.05) is 12.0 Å². The van der Waals surface area contributed by atoms with Crippen molar-refractivity contribution in [3.8, 4) is 17.2 Å². The van der Waals surface area contributed by atoms with Crippen LogP contribution in [0.5, 0.6) is 17.2 Å². The van der Waals surface area contributed by atoms with Crippen molar-refractivity contribution in [1.82, 2.24) is 4.98 Å². The minimum Gasteiger partial charge on any atom is -0.497 e. The molecule has 1 saturated carbocycles. The summed E-state index contributed by atoms with van der Waals surface area (Å²) in [6, 6.07) is 6.86. The third-order valence-electron chi connectivity index (χ3n) is 6.49. The minimum atomic E-state index is -1.07. The zero-order valence-electron chi connectivity index (χ0n) is 20.4. The highest BCUT2D eigenvalue weighted by molar-refractivity contribution is 7.18. The van der Waals surface area contributed by atoms with Crippen molar-refractivity contribution in [2.24, 2.45) is 0 Å². The first kappa shape index (κ1) is 25.2. The lowest BCUT2D eigenvalue weighted by atomic mass is 9.99. The Kier molecular flexibility index (Phi) is 7.78. The number of nitrogens with zero attached hydrogens (tertiary/aromatic N) is 1. The van der Waals surface area contributed by atoms with Crippen LogP contribution in [0.4, 0.5) is 0 Å². The van der Waals surface area contributed by atoms with Crippen molar-refractivity contribution in [2.75, 3.05) is 21.3 Å². The van der Waals surface area contributed by atoms with Gasteiger partial charge in [0.25, 0.3) is 0 Å². The maximum Gasteiger partial charge on any atom is 0.338 e. The lowest BCUT2D eigenvalue weighted by Gasteiger charge is -2.27. The molecule has 2 aromatic carbocycles. The Morgan fingerprint density at radius 2 is 1.74 bits per heavy atom. The van der Waals surface area contributed by atoms with E-state index in [1.54, 1.807) is 32.4 Å². The number of carbonyl (C=O) groups is 1. The smallest absolute Gasteiger partial charge is 0.338 e. The molecule has 0 saturated heterocycles. The van der Waals surface area contributed by atoms with Crippen molar-refractivity contribution in [3.63, 3.8) is 0 Å². The molecule has 2 N–H and O–H groups in total. The van der Waals surface area contributed by atoms with E-state index in [0.29, 0.717) is 44.5 Å². The molecule has 1 heterocycles. The zero-order chi connectivity index (χ0) is 25.1. The number of benzene rings is 2. The van der Waals surface area contributed by atoms with E-state index in [2.05, 4.69) is 4.98 Å². The second kappa shape index (κ2) is 10.8. The van der Waals surface area contributed by atoms with Gasteiger partial charge in [-0.25, -0.2) is 9.78 Å². The number of thiazole rings is 1. The van der Waals surface area contributed by atoms with Gasteiger partial charge in [0.05, 0.1) is 54.3 Å². The number of methoxy groups -OCH3 is 3. The normalized spacial score (nSPS) is 15.8. The highest BCUT2D eigenvalue weighted by Gasteiger charge is 2.30. The molecule has 1 fully saturated rings. The van der Waals surface area contributed by atoms with Crippen LogP contribution in [0.15, 0.2) is 24.3 Å². The summed E-state index contributed by atoms with van der Waals surface area (Å²) < 4.78 is 23.4. The molecule has 4 rings (SSSR count). The Bertz CT molecular complexity index is 1180. The first-order valence-corrected chi connectivity index (χ1v) is 12.4. The number of hydrogen-bond donors (Lipinski definition) is 2. The van der Waals surface area contributed by atoms with Gasteiger partial charge >= 0.3 is 5.97 Å². The summed E-state index contributed by atoms with van der Waals surface area (Å²) in [6.45, 7) is 1.90. The van der Waals surface area contributed by atoms with Gasteiger partial charge in [-0.3, -0.25) is 0 Å². The Balaban J connectivity index is 1.70. The number of fused-ring (bicyclic) bond motifs is 1. The van der Waals surface area contributed by atoms with Gasteiger partial charge in [0.2, 0.25) is 0 Å². The average Bonchev–Trinajstić information content (AvgIpc) is 3.51. The highest BCUT2D eigenvalue weighted by Crippen LogP contribution is 2.37. The number of hydrogen-bond acceptors (Lipinski definition) is 8. The molecule has 3 aromatic rings. The van der Waals surface area contributed by atoms with Gasteiger partial charge in [0.15, 0.2) is 0 Å². The van der Waals surface area contributed by atoms with E-state index in [0.717, 1.165) is 31.2 Å². The molecule has 35 heavy (non-hydrogen) atoms. The number of aromatic carboxylic acids is 1. The van der Waals surface area contributed by atoms with Crippen LogP contribution in [0.3, 0.4) is 0 Å². The van der Waals surface area contributed by atoms with Crippen LogP contribution in [-0.2, 0) is 11.2 Å². The van der Waals surface area contributed by atoms with Crippen LogP contribution in [0, 0.1) is 6.92 Å². The third-order valence-corrected chi connectivity index (χ3v) is 7.52. The van der Waals surface area contributed by atoms with Crippen LogP contribution >= 0.6 is 11.3 Å². The Labute approximate surface area is 208 Å². The van der Waals surface area contributed by atoms with Gasteiger partial charge in [-0.2, -0.15) is 0 Å². The Morgan fingerprint density at radius 1 is 1.09 bits per heavy atom. The molecule has 188 valence electrons. The largest absolute Gasteiger partial charge is 0.497 e. The molecule has 8 nitrogen and oxygen atoms in total. The SMILES string of the molecule is COc1cc(C(=O)O)c2nc(C[C@@H](OC3CCCC3)[C@@H](O)c3cc(OC)c(C)c(OC)c3)sc2c1. The quantitative estimate of drug-likeness (QED) is 0.403. The molecule has 0 unspecified atom stereocenters. The molecule has 1 aromatic heterocycles. The van der Waals surface area contributed by atoms with E-state index >= 15 is 0 Å². The lowest BCUT2D eigenvalue weighted by molar-refractivity contribution is -0.0753. The van der Waals surface area contributed by atoms with Crippen molar-refractivity contribution >= 4 is 27.5 Å². The Morgan fingerprint density at radius 3 is 2.31 bits per heavy atom. The van der Waals surface area contributed by atoms with E-state index in [1.807, 2.05) is 6.92 Å². The third kappa shape index (κ3) is 5.37. The predicted molar refractivity (Wildman–Crippen MR) is 133 cm³/mol. The van der Waals surface area contributed by atoms with Gasteiger partial charge in [-0.15, -0.1) is 11.3 Å². The van der Waals surface area contributed by atoms with E-state index in [9.17, 15) is 15.0 Å². The van der Waals surface area contributed by atoms with Crippen molar-refractivity contribution in [3.05, 3.63) is 46.0 Å². The van der Waals surface area contributed by atoms with Gasteiger partial charge < -0.3 is 29.2 Å². The van der Waals surface area contributed by atoms with E-state index in [4.69, 9.17) is 18.9 Å². The van der Waals surface area contributed by atoms with Crippen molar-refractivity contribution < 1.29 is 34.0 Å². The molecule has 0 aliphatic heterocycles. The molecular weight excluding hydrogens is 470 g/mol. The number of rotatable bonds is 10. The van der Waals surface area contributed by atoms with Gasteiger partial charge in [0.1, 0.15) is 23.4 Å². The van der Waals surface area contributed by atoms with Crippen LogP contribution in [0.2, 0.25) is 0 Å². The molecule has 1 aliphatic carbocycles. The average molecular weight is 502 g/mol. The fraction of sp³-hybridized carbons (Fsp3) is 0.462. The standard InChI is InChI=1S/C26H31NO7S/c1-14-19(32-3)9-15(10-20(14)33-4)25(28)21(34-16-7-5-6-8-16)13-23-27-24-18(26(29)30)11-17(31-2)12-22(24)35-23/h9-12,16,21,25,28H,5-8,13H2,1-4H3,(H,29,30)/t21-,25+/m1/s1. The molecule has 1 aliphatic rings. The zero-order valence-corrected chi connectivity index (χ0v) is 21.2. The van der Waals surface area contributed by atoms with Crippen LogP contribution in [0.25, 0.3) is 10.2 Å². The summed E-state index contributed by atoms with van der Waals surface area (Å²) in [7, 11) is 4.67. The molecule has 0 radical (unpaired) electrons. The first-order valence-electron chi connectivity index (χ1n) is 11.6.